The molecule has 1 aromatic rings. The molecule has 0 aliphatic heterocycles. The van der Waals surface area contributed by atoms with Gasteiger partial charge in [-0.3, -0.25) is 0 Å². The van der Waals surface area contributed by atoms with Crippen LogP contribution in [-0.2, 0) is 0 Å². The molecule has 0 aliphatic carbocycles. The molecule has 0 saturated carbocycles. The molecule has 0 N–H and O–H groups in total. The van der Waals surface area contributed by atoms with Crippen molar-refractivity contribution in [1.82, 2.24) is 4.98 Å². The Morgan fingerprint density at radius 2 is 1.91 bits per heavy atom. The molecule has 1 rings (SSSR count). The minimum atomic E-state index is -1.67. The van der Waals surface area contributed by atoms with Crippen molar-refractivity contribution in [3.8, 4) is 6.07 Å². The third-order valence-electron chi connectivity index (χ3n) is 1.02. The molecule has 0 fully saturated rings. The molecular weight excluding hydrogens is 157 g/mol. The van der Waals surface area contributed by atoms with Crippen molar-refractivity contribution >= 4 is 0 Å². The molecule has 0 radical (unpaired) electrons. The van der Waals surface area contributed by atoms with E-state index in [0.29, 0.717) is 6.20 Å². The van der Waals surface area contributed by atoms with Crippen LogP contribution >= 0.6 is 0 Å². The average molecular weight is 158 g/mol. The Balaban J connectivity index is 3.40. The van der Waals surface area contributed by atoms with Gasteiger partial charge in [-0.1, -0.05) is 0 Å². The molecule has 0 atom stereocenters. The molecule has 0 spiro atoms. The number of hydrogen-bond donors (Lipinski definition) is 0. The van der Waals surface area contributed by atoms with Gasteiger partial charge in [-0.05, 0) is 0 Å². The van der Waals surface area contributed by atoms with Gasteiger partial charge in [0.1, 0.15) is 6.07 Å². The van der Waals surface area contributed by atoms with E-state index in [9.17, 15) is 13.2 Å². The minimum absolute atomic E-state index is 0.455. The van der Waals surface area contributed by atoms with Crippen molar-refractivity contribution in [2.45, 2.75) is 0 Å². The molecule has 0 bridgehead atoms. The predicted octanol–water partition coefficient (Wildman–Crippen LogP) is 1.37. The van der Waals surface area contributed by atoms with Gasteiger partial charge in [-0.25, -0.2) is 18.2 Å². The van der Waals surface area contributed by atoms with Gasteiger partial charge in [0.25, 0.3) is 0 Å². The zero-order valence-electron chi connectivity index (χ0n) is 5.11. The van der Waals surface area contributed by atoms with Crippen molar-refractivity contribution in [1.29, 1.82) is 5.26 Å². The Hall–Kier alpha value is -1.57. The summed E-state index contributed by atoms with van der Waals surface area (Å²) in [7, 11) is 0. The molecule has 0 saturated heterocycles. The Kier molecular flexibility index (Phi) is 1.77. The van der Waals surface area contributed by atoms with E-state index in [-0.39, 0.29) is 0 Å². The van der Waals surface area contributed by atoms with Gasteiger partial charge in [0.2, 0.25) is 0 Å². The van der Waals surface area contributed by atoms with Crippen LogP contribution in [0.15, 0.2) is 6.20 Å². The van der Waals surface area contributed by atoms with Gasteiger partial charge in [-0.2, -0.15) is 5.26 Å². The zero-order chi connectivity index (χ0) is 8.43. The zero-order valence-corrected chi connectivity index (χ0v) is 5.11. The first kappa shape index (κ1) is 7.54. The first-order chi connectivity index (χ1) is 5.16. The lowest BCUT2D eigenvalue weighted by Gasteiger charge is -1.93. The summed E-state index contributed by atoms with van der Waals surface area (Å²) in [4.78, 5) is 3.01. The maximum atomic E-state index is 12.4. The quantitative estimate of drug-likeness (QED) is 0.571. The van der Waals surface area contributed by atoms with Gasteiger partial charge < -0.3 is 0 Å². The van der Waals surface area contributed by atoms with Crippen LogP contribution in [0.1, 0.15) is 5.69 Å². The highest BCUT2D eigenvalue weighted by Crippen LogP contribution is 2.10. The number of halogens is 3. The van der Waals surface area contributed by atoms with Gasteiger partial charge >= 0.3 is 0 Å². The van der Waals surface area contributed by atoms with Crippen molar-refractivity contribution in [2.24, 2.45) is 0 Å². The maximum Gasteiger partial charge on any atom is 0.199 e. The summed E-state index contributed by atoms with van der Waals surface area (Å²) in [5, 5.41) is 8.09. The van der Waals surface area contributed by atoms with E-state index in [1.807, 2.05) is 0 Å². The van der Waals surface area contributed by atoms with Gasteiger partial charge in [0.15, 0.2) is 23.1 Å². The molecule has 5 heteroatoms. The number of aromatic nitrogens is 1. The second kappa shape index (κ2) is 2.58. The number of rotatable bonds is 0. The summed E-state index contributed by atoms with van der Waals surface area (Å²) in [5.41, 5.74) is -0.746. The molecule has 11 heavy (non-hydrogen) atoms. The minimum Gasteiger partial charge on any atom is -0.239 e. The molecule has 1 heterocycles. The lowest BCUT2D eigenvalue weighted by atomic mass is 10.3. The maximum absolute atomic E-state index is 12.4. The Morgan fingerprint density at radius 1 is 1.27 bits per heavy atom. The van der Waals surface area contributed by atoms with E-state index >= 15 is 0 Å². The summed E-state index contributed by atoms with van der Waals surface area (Å²) < 4.78 is 36.7. The van der Waals surface area contributed by atoms with Crippen LogP contribution in [-0.4, -0.2) is 4.98 Å². The standard InChI is InChI=1S/C6HF3N2/c7-3-2-11-4(1-10)6(9)5(3)8/h2H. The lowest BCUT2D eigenvalue weighted by Crippen LogP contribution is -1.97. The van der Waals surface area contributed by atoms with E-state index in [1.54, 1.807) is 0 Å². The highest BCUT2D eigenvalue weighted by atomic mass is 19.2. The number of hydrogen-bond acceptors (Lipinski definition) is 2. The summed E-state index contributed by atoms with van der Waals surface area (Å²) in [6, 6.07) is 1.27. The molecule has 0 amide bonds. The summed E-state index contributed by atoms with van der Waals surface area (Å²) in [6.07, 6.45) is 0.455. The van der Waals surface area contributed by atoms with Gasteiger partial charge in [-0.15, -0.1) is 0 Å². The van der Waals surface area contributed by atoms with E-state index in [1.165, 1.54) is 6.07 Å². The fraction of sp³-hybridized carbons (Fsp3) is 0. The molecule has 1 aromatic heterocycles. The third-order valence-corrected chi connectivity index (χ3v) is 1.02. The van der Waals surface area contributed by atoms with Crippen molar-refractivity contribution in [3.05, 3.63) is 29.3 Å². The second-order valence-electron chi connectivity index (χ2n) is 1.69. The second-order valence-corrected chi connectivity index (χ2v) is 1.69. The van der Waals surface area contributed by atoms with Crippen LogP contribution in [0, 0.1) is 28.8 Å². The fourth-order valence-corrected chi connectivity index (χ4v) is 0.521. The third kappa shape index (κ3) is 1.15. The van der Waals surface area contributed by atoms with Crippen LogP contribution in [0.3, 0.4) is 0 Å². The molecular formula is C6HF3N2. The summed E-state index contributed by atoms with van der Waals surface area (Å²) in [5.74, 6) is -4.62. The summed E-state index contributed by atoms with van der Waals surface area (Å²) >= 11 is 0. The molecule has 2 nitrogen and oxygen atoms in total. The van der Waals surface area contributed by atoms with Crippen molar-refractivity contribution in [2.75, 3.05) is 0 Å². The van der Waals surface area contributed by atoms with Gasteiger partial charge in [0, 0.05) is 0 Å². The number of nitrogens with zero attached hydrogens (tertiary/aromatic N) is 2. The van der Waals surface area contributed by atoms with E-state index < -0.39 is 23.1 Å². The van der Waals surface area contributed by atoms with Crippen LogP contribution in [0.25, 0.3) is 0 Å². The number of pyridine rings is 1. The monoisotopic (exact) mass is 158 g/mol. The molecule has 56 valence electrons. The Labute approximate surface area is 59.9 Å². The fourth-order valence-electron chi connectivity index (χ4n) is 0.521. The van der Waals surface area contributed by atoms with E-state index in [0.717, 1.165) is 0 Å². The normalized spacial score (nSPS) is 9.27. The highest BCUT2D eigenvalue weighted by Gasteiger charge is 2.13. The van der Waals surface area contributed by atoms with Crippen LogP contribution < -0.4 is 0 Å². The van der Waals surface area contributed by atoms with Crippen LogP contribution in [0.5, 0.6) is 0 Å². The van der Waals surface area contributed by atoms with Crippen LogP contribution in [0.2, 0.25) is 0 Å². The Morgan fingerprint density at radius 3 is 2.45 bits per heavy atom. The average Bonchev–Trinajstić information content (AvgIpc) is 2.01. The van der Waals surface area contributed by atoms with Crippen molar-refractivity contribution in [3.63, 3.8) is 0 Å². The Bertz CT molecular complexity index is 329. The van der Waals surface area contributed by atoms with Crippen LogP contribution in [0.4, 0.5) is 13.2 Å². The first-order valence-corrected chi connectivity index (χ1v) is 2.56. The highest BCUT2D eigenvalue weighted by molar-refractivity contribution is 5.22. The predicted molar refractivity (Wildman–Crippen MR) is 28.8 cm³/mol. The molecule has 0 aromatic carbocycles. The van der Waals surface area contributed by atoms with E-state index in [4.69, 9.17) is 5.26 Å². The largest absolute Gasteiger partial charge is 0.239 e. The SMILES string of the molecule is N#Cc1ncc(F)c(F)c1F. The van der Waals surface area contributed by atoms with Gasteiger partial charge in [0.05, 0.1) is 6.20 Å². The van der Waals surface area contributed by atoms with E-state index in [2.05, 4.69) is 4.98 Å². The molecule has 0 unspecified atom stereocenters. The van der Waals surface area contributed by atoms with Crippen molar-refractivity contribution < 1.29 is 13.2 Å². The number of nitriles is 1. The smallest absolute Gasteiger partial charge is 0.199 e. The summed E-state index contributed by atoms with van der Waals surface area (Å²) in [6.45, 7) is 0. The molecule has 0 aliphatic rings. The topological polar surface area (TPSA) is 36.7 Å². The lowest BCUT2D eigenvalue weighted by molar-refractivity contribution is 0.439. The first-order valence-electron chi connectivity index (χ1n) is 2.56.